The van der Waals surface area contributed by atoms with E-state index in [0.29, 0.717) is 21.9 Å². The van der Waals surface area contributed by atoms with Crippen LogP contribution in [0.15, 0.2) is 71.6 Å². The van der Waals surface area contributed by atoms with Gasteiger partial charge in [0.05, 0.1) is 12.7 Å². The molecule has 1 atom stereocenters. The smallest absolute Gasteiger partial charge is 0.300 e. The van der Waals surface area contributed by atoms with Crippen molar-refractivity contribution in [2.45, 2.75) is 6.04 Å². The molecule has 146 valence electrons. The molecule has 1 N–H and O–H groups in total. The van der Waals surface area contributed by atoms with E-state index in [-0.39, 0.29) is 11.3 Å². The van der Waals surface area contributed by atoms with Crippen LogP contribution in [0.5, 0.6) is 5.75 Å². The quantitative estimate of drug-likeness (QED) is 0.391. The van der Waals surface area contributed by atoms with Crippen molar-refractivity contribution in [3.05, 3.63) is 87.9 Å². The maximum atomic E-state index is 13.4. The molecular weight excluding hydrogens is 393 g/mol. The molecule has 1 fully saturated rings. The maximum Gasteiger partial charge on any atom is 0.300 e. The second-order valence-corrected chi connectivity index (χ2v) is 7.37. The predicted molar refractivity (Wildman–Crippen MR) is 108 cm³/mol. The highest BCUT2D eigenvalue weighted by atomic mass is 32.1. The van der Waals surface area contributed by atoms with Crippen LogP contribution in [0, 0.1) is 5.82 Å². The third kappa shape index (κ3) is 3.30. The molecule has 1 aliphatic rings. The number of Topliss-reactive ketones (excluding diaryl/α,β-unsaturated/α-hetero) is 1. The van der Waals surface area contributed by atoms with Crippen molar-refractivity contribution < 1.29 is 23.8 Å². The Morgan fingerprint density at radius 3 is 2.52 bits per heavy atom. The van der Waals surface area contributed by atoms with E-state index in [0.717, 1.165) is 0 Å². The van der Waals surface area contributed by atoms with Gasteiger partial charge in [-0.25, -0.2) is 4.39 Å². The first-order chi connectivity index (χ1) is 14.0. The van der Waals surface area contributed by atoms with E-state index in [9.17, 15) is 19.1 Å². The molecule has 2 aromatic carbocycles. The fourth-order valence-electron chi connectivity index (χ4n) is 3.34. The molecule has 0 spiro atoms. The SMILES string of the molecule is COc1cccc(/C(O)=C2/C(=O)C(=O)N(c3ccc(F)cc3)C2c2cccs2)c1. The lowest BCUT2D eigenvalue weighted by Gasteiger charge is -2.24. The molecule has 0 aliphatic carbocycles. The number of aliphatic hydroxyl groups is 1. The number of rotatable bonds is 4. The first-order valence-corrected chi connectivity index (χ1v) is 9.63. The summed E-state index contributed by atoms with van der Waals surface area (Å²) >= 11 is 1.36. The third-order valence-corrected chi connectivity index (χ3v) is 5.63. The summed E-state index contributed by atoms with van der Waals surface area (Å²) in [5, 5.41) is 12.8. The van der Waals surface area contributed by atoms with Crippen LogP contribution >= 0.6 is 11.3 Å². The molecular formula is C22H16FNO4S. The number of nitrogens with zero attached hydrogens (tertiary/aromatic N) is 1. The van der Waals surface area contributed by atoms with E-state index in [1.807, 2.05) is 5.38 Å². The topological polar surface area (TPSA) is 66.8 Å². The number of methoxy groups -OCH3 is 1. The molecule has 1 aromatic heterocycles. The van der Waals surface area contributed by atoms with Gasteiger partial charge >= 0.3 is 0 Å². The standard InChI is InChI=1S/C22H16FNO4S/c1-28-16-5-2-4-13(12-16)20(25)18-19(17-6-3-11-29-17)24(22(27)21(18)26)15-9-7-14(23)8-10-15/h2-12,19,25H,1H3/b20-18-. The second-order valence-electron chi connectivity index (χ2n) is 6.39. The van der Waals surface area contributed by atoms with Gasteiger partial charge in [0.2, 0.25) is 0 Å². The summed E-state index contributed by atoms with van der Waals surface area (Å²) in [7, 11) is 1.50. The molecule has 1 aliphatic heterocycles. The van der Waals surface area contributed by atoms with Crippen molar-refractivity contribution in [1.29, 1.82) is 0 Å². The van der Waals surface area contributed by atoms with Gasteiger partial charge in [0.1, 0.15) is 23.4 Å². The fraction of sp³-hybridized carbons (Fsp3) is 0.0909. The summed E-state index contributed by atoms with van der Waals surface area (Å²) in [6, 6.07) is 14.7. The lowest BCUT2D eigenvalue weighted by molar-refractivity contribution is -0.132. The Morgan fingerprint density at radius 1 is 1.10 bits per heavy atom. The molecule has 0 bridgehead atoms. The van der Waals surface area contributed by atoms with E-state index < -0.39 is 23.5 Å². The van der Waals surface area contributed by atoms with Gasteiger partial charge in [0.15, 0.2) is 0 Å². The molecule has 5 nitrogen and oxygen atoms in total. The molecule has 1 unspecified atom stereocenters. The van der Waals surface area contributed by atoms with Gasteiger partial charge < -0.3 is 9.84 Å². The number of thiophene rings is 1. The van der Waals surface area contributed by atoms with Crippen LogP contribution in [0.4, 0.5) is 10.1 Å². The average Bonchev–Trinajstić information content (AvgIpc) is 3.36. The normalized spacial score (nSPS) is 18.3. The highest BCUT2D eigenvalue weighted by molar-refractivity contribution is 7.10. The number of benzene rings is 2. The molecule has 3 aromatic rings. The average molecular weight is 409 g/mol. The van der Waals surface area contributed by atoms with Gasteiger partial charge in [-0.2, -0.15) is 0 Å². The van der Waals surface area contributed by atoms with Gasteiger partial charge in [-0.15, -0.1) is 11.3 Å². The van der Waals surface area contributed by atoms with Crippen molar-refractivity contribution in [3.8, 4) is 5.75 Å². The van der Waals surface area contributed by atoms with Crippen LogP contribution in [0.25, 0.3) is 5.76 Å². The zero-order valence-electron chi connectivity index (χ0n) is 15.3. The number of hydrogen-bond donors (Lipinski definition) is 1. The van der Waals surface area contributed by atoms with Crippen LogP contribution in [0.3, 0.4) is 0 Å². The highest BCUT2D eigenvalue weighted by Gasteiger charge is 2.47. The van der Waals surface area contributed by atoms with E-state index in [4.69, 9.17) is 4.74 Å². The van der Waals surface area contributed by atoms with Gasteiger partial charge in [-0.3, -0.25) is 14.5 Å². The number of amides is 1. The monoisotopic (exact) mass is 409 g/mol. The minimum absolute atomic E-state index is 0.0185. The third-order valence-electron chi connectivity index (χ3n) is 4.71. The first-order valence-electron chi connectivity index (χ1n) is 8.75. The highest BCUT2D eigenvalue weighted by Crippen LogP contribution is 2.43. The van der Waals surface area contributed by atoms with Crippen LogP contribution in [0.1, 0.15) is 16.5 Å². The minimum Gasteiger partial charge on any atom is -0.507 e. The van der Waals surface area contributed by atoms with E-state index in [2.05, 4.69) is 0 Å². The zero-order valence-corrected chi connectivity index (χ0v) is 16.2. The van der Waals surface area contributed by atoms with Crippen molar-refractivity contribution in [3.63, 3.8) is 0 Å². The van der Waals surface area contributed by atoms with Crippen LogP contribution in [0.2, 0.25) is 0 Å². The zero-order chi connectivity index (χ0) is 20.5. The summed E-state index contributed by atoms with van der Waals surface area (Å²) < 4.78 is 18.6. The number of aliphatic hydroxyl groups excluding tert-OH is 1. The lowest BCUT2D eigenvalue weighted by Crippen LogP contribution is -2.29. The van der Waals surface area contributed by atoms with Crippen molar-refractivity contribution in [2.24, 2.45) is 0 Å². The largest absolute Gasteiger partial charge is 0.507 e. The van der Waals surface area contributed by atoms with Crippen molar-refractivity contribution in [1.82, 2.24) is 0 Å². The Bertz CT molecular complexity index is 1110. The Balaban J connectivity index is 1.91. The summed E-state index contributed by atoms with van der Waals surface area (Å²) in [6.45, 7) is 0. The predicted octanol–water partition coefficient (Wildman–Crippen LogP) is 4.52. The molecule has 29 heavy (non-hydrogen) atoms. The Labute approximate surface area is 170 Å². The van der Waals surface area contributed by atoms with E-state index >= 15 is 0 Å². The summed E-state index contributed by atoms with van der Waals surface area (Å²) in [6.07, 6.45) is 0. The molecule has 1 saturated heterocycles. The fourth-order valence-corrected chi connectivity index (χ4v) is 4.17. The van der Waals surface area contributed by atoms with Crippen LogP contribution in [-0.4, -0.2) is 23.9 Å². The molecule has 7 heteroatoms. The van der Waals surface area contributed by atoms with E-state index in [1.54, 1.807) is 36.4 Å². The molecule has 1 amide bonds. The number of ether oxygens (including phenoxy) is 1. The Hall–Kier alpha value is -3.45. The first kappa shape index (κ1) is 18.9. The maximum absolute atomic E-state index is 13.4. The molecule has 4 rings (SSSR count). The number of halogens is 1. The summed E-state index contributed by atoms with van der Waals surface area (Å²) in [4.78, 5) is 27.8. The molecule has 0 saturated carbocycles. The lowest BCUT2D eigenvalue weighted by atomic mass is 9.99. The summed E-state index contributed by atoms with van der Waals surface area (Å²) in [5.74, 6) is -1.80. The number of ketones is 1. The van der Waals surface area contributed by atoms with Crippen LogP contribution < -0.4 is 9.64 Å². The van der Waals surface area contributed by atoms with Gasteiger partial charge in [-0.05, 0) is 47.8 Å². The number of hydrogen-bond acceptors (Lipinski definition) is 5. The minimum atomic E-state index is -0.813. The second kappa shape index (κ2) is 7.52. The van der Waals surface area contributed by atoms with Crippen molar-refractivity contribution in [2.75, 3.05) is 12.0 Å². The molecule has 2 heterocycles. The Morgan fingerprint density at radius 2 is 1.86 bits per heavy atom. The van der Waals surface area contributed by atoms with Crippen LogP contribution in [-0.2, 0) is 9.59 Å². The van der Waals surface area contributed by atoms with Gasteiger partial charge in [-0.1, -0.05) is 18.2 Å². The van der Waals surface area contributed by atoms with E-state index in [1.165, 1.54) is 47.6 Å². The Kier molecular flexibility index (Phi) is 4.90. The van der Waals surface area contributed by atoms with Crippen molar-refractivity contribution >= 4 is 34.5 Å². The summed E-state index contributed by atoms with van der Waals surface area (Å²) in [5.41, 5.74) is 0.717. The number of carbonyl (C=O) groups is 2. The number of anilines is 1. The molecule has 0 radical (unpaired) electrons. The van der Waals surface area contributed by atoms with Gasteiger partial charge in [0, 0.05) is 16.1 Å². The van der Waals surface area contributed by atoms with Gasteiger partial charge in [0.25, 0.3) is 11.7 Å². The number of carbonyl (C=O) groups excluding carboxylic acids is 2.